The quantitative estimate of drug-likeness (QED) is 0.679. The fraction of sp³-hybridized carbons (Fsp3) is 0.250. The second kappa shape index (κ2) is 5.71. The Morgan fingerprint density at radius 3 is 2.95 bits per heavy atom. The van der Waals surface area contributed by atoms with Crippen LogP contribution in [0.25, 0.3) is 10.9 Å². The van der Waals surface area contributed by atoms with Crippen molar-refractivity contribution in [3.05, 3.63) is 24.4 Å². The smallest absolute Gasteiger partial charge is 0.327 e. The van der Waals surface area contributed by atoms with Crippen LogP contribution in [-0.4, -0.2) is 34.6 Å². The number of ether oxygens (including phenoxy) is 1. The van der Waals surface area contributed by atoms with Crippen molar-refractivity contribution in [2.45, 2.75) is 6.54 Å². The molecule has 0 atom stereocenters. The zero-order valence-corrected chi connectivity index (χ0v) is 11.0. The first-order valence-electron chi connectivity index (χ1n) is 5.52. The normalized spacial score (nSPS) is 10.4. The van der Waals surface area contributed by atoms with E-state index in [0.717, 1.165) is 10.9 Å². The minimum Gasteiger partial charge on any atom is -0.468 e. The zero-order valence-electron chi connectivity index (χ0n) is 10.2. The van der Waals surface area contributed by atoms with E-state index in [1.165, 1.54) is 11.8 Å². The highest BCUT2D eigenvalue weighted by Crippen LogP contribution is 2.19. The van der Waals surface area contributed by atoms with E-state index in [1.807, 2.05) is 0 Å². The molecule has 1 aromatic carbocycles. The molecule has 100 valence electrons. The number of carbonyl (C=O) groups is 2. The van der Waals surface area contributed by atoms with Gasteiger partial charge in [-0.05, 0) is 18.2 Å². The van der Waals surface area contributed by atoms with E-state index in [4.69, 9.17) is 11.6 Å². The summed E-state index contributed by atoms with van der Waals surface area (Å²) in [6.07, 6.45) is 1.64. The van der Waals surface area contributed by atoms with Gasteiger partial charge in [0.15, 0.2) is 0 Å². The van der Waals surface area contributed by atoms with Crippen LogP contribution in [0.15, 0.2) is 24.4 Å². The third kappa shape index (κ3) is 3.03. The van der Waals surface area contributed by atoms with Gasteiger partial charge in [-0.3, -0.25) is 14.3 Å². The van der Waals surface area contributed by atoms with Gasteiger partial charge in [0.2, 0.25) is 5.91 Å². The molecule has 1 aromatic heterocycles. The molecule has 0 radical (unpaired) electrons. The van der Waals surface area contributed by atoms with Crippen molar-refractivity contribution in [1.29, 1.82) is 0 Å². The lowest BCUT2D eigenvalue weighted by atomic mass is 10.2. The zero-order chi connectivity index (χ0) is 13.8. The highest BCUT2D eigenvalue weighted by molar-refractivity contribution is 6.29. The van der Waals surface area contributed by atoms with Crippen molar-refractivity contribution >= 4 is 40.1 Å². The van der Waals surface area contributed by atoms with Crippen LogP contribution >= 0.6 is 11.6 Å². The van der Waals surface area contributed by atoms with Gasteiger partial charge in [0.1, 0.15) is 12.4 Å². The highest BCUT2D eigenvalue weighted by Gasteiger charge is 2.09. The Hall–Kier alpha value is -2.08. The molecule has 0 aliphatic heterocycles. The van der Waals surface area contributed by atoms with E-state index in [-0.39, 0.29) is 24.3 Å². The third-order valence-corrected chi connectivity index (χ3v) is 2.80. The molecule has 2 rings (SSSR count). The summed E-state index contributed by atoms with van der Waals surface area (Å²) in [5, 5.41) is 7.61. The molecule has 0 aliphatic carbocycles. The number of nitrogens with one attached hydrogen (secondary N) is 1. The van der Waals surface area contributed by atoms with Crippen LogP contribution in [0.3, 0.4) is 0 Å². The Morgan fingerprint density at radius 2 is 2.26 bits per heavy atom. The van der Waals surface area contributed by atoms with Gasteiger partial charge in [0.05, 0.1) is 18.8 Å². The summed E-state index contributed by atoms with van der Waals surface area (Å²) in [7, 11) is 1.32. The lowest BCUT2D eigenvalue weighted by Crippen LogP contribution is -2.14. The van der Waals surface area contributed by atoms with Crippen LogP contribution in [0.4, 0.5) is 5.69 Å². The van der Waals surface area contributed by atoms with E-state index in [1.54, 1.807) is 24.4 Å². The second-order valence-electron chi connectivity index (χ2n) is 3.83. The van der Waals surface area contributed by atoms with Crippen molar-refractivity contribution in [1.82, 2.24) is 9.78 Å². The Bertz CT molecular complexity index is 624. The van der Waals surface area contributed by atoms with Gasteiger partial charge in [0.25, 0.3) is 0 Å². The van der Waals surface area contributed by atoms with Crippen molar-refractivity contribution < 1.29 is 14.3 Å². The molecule has 0 saturated carbocycles. The first kappa shape index (κ1) is 13.4. The van der Waals surface area contributed by atoms with Crippen molar-refractivity contribution in [2.24, 2.45) is 0 Å². The maximum Gasteiger partial charge on any atom is 0.327 e. The maximum absolute atomic E-state index is 11.3. The van der Waals surface area contributed by atoms with Crippen LogP contribution in [0, 0.1) is 0 Å². The average molecular weight is 282 g/mol. The summed E-state index contributed by atoms with van der Waals surface area (Å²) >= 11 is 5.43. The molecule has 7 heteroatoms. The van der Waals surface area contributed by atoms with Crippen LogP contribution in [0.5, 0.6) is 0 Å². The lowest BCUT2D eigenvalue weighted by Gasteiger charge is -2.05. The Morgan fingerprint density at radius 1 is 1.47 bits per heavy atom. The minimum atomic E-state index is -0.389. The SMILES string of the molecule is COC(=O)Cn1ncc2ccc(NC(=O)CCl)cc21. The monoisotopic (exact) mass is 281 g/mol. The standard InChI is InChI=1S/C12H12ClN3O3/c1-19-12(18)7-16-10-4-9(15-11(17)5-13)3-2-8(10)6-14-16/h2-4,6H,5,7H2,1H3,(H,15,17). The highest BCUT2D eigenvalue weighted by atomic mass is 35.5. The number of esters is 1. The van der Waals surface area contributed by atoms with E-state index < -0.39 is 0 Å². The topological polar surface area (TPSA) is 73.2 Å². The summed E-state index contributed by atoms with van der Waals surface area (Å²) in [6, 6.07) is 5.28. The number of fused-ring (bicyclic) bond motifs is 1. The first-order valence-corrected chi connectivity index (χ1v) is 6.05. The van der Waals surface area contributed by atoms with Gasteiger partial charge in [-0.15, -0.1) is 11.6 Å². The van der Waals surface area contributed by atoms with Gasteiger partial charge >= 0.3 is 5.97 Å². The number of amides is 1. The van der Waals surface area contributed by atoms with Gasteiger partial charge in [0, 0.05) is 11.1 Å². The van der Waals surface area contributed by atoms with E-state index in [2.05, 4.69) is 15.2 Å². The summed E-state index contributed by atoms with van der Waals surface area (Å²) in [4.78, 5) is 22.5. The van der Waals surface area contributed by atoms with Gasteiger partial charge < -0.3 is 10.1 Å². The number of carbonyl (C=O) groups excluding carboxylic acids is 2. The largest absolute Gasteiger partial charge is 0.468 e. The molecule has 6 nitrogen and oxygen atoms in total. The second-order valence-corrected chi connectivity index (χ2v) is 4.10. The van der Waals surface area contributed by atoms with E-state index in [0.29, 0.717) is 5.69 Å². The molecule has 0 fully saturated rings. The number of alkyl halides is 1. The number of hydrogen-bond donors (Lipinski definition) is 1. The fourth-order valence-electron chi connectivity index (χ4n) is 1.66. The lowest BCUT2D eigenvalue weighted by molar-refractivity contribution is -0.141. The van der Waals surface area contributed by atoms with Gasteiger partial charge in [-0.1, -0.05) is 0 Å². The summed E-state index contributed by atoms with van der Waals surface area (Å²) in [6.45, 7) is 0.0207. The molecule has 0 spiro atoms. The third-order valence-electron chi connectivity index (χ3n) is 2.56. The van der Waals surface area contributed by atoms with Gasteiger partial charge in [-0.25, -0.2) is 0 Å². The molecule has 0 saturated heterocycles. The molecule has 19 heavy (non-hydrogen) atoms. The molecular formula is C12H12ClN3O3. The Kier molecular flexibility index (Phi) is 4.01. The Labute approximate surface area is 114 Å². The predicted molar refractivity (Wildman–Crippen MR) is 71.1 cm³/mol. The van der Waals surface area contributed by atoms with Crippen LogP contribution < -0.4 is 5.32 Å². The molecule has 1 N–H and O–H groups in total. The number of aromatic nitrogens is 2. The minimum absolute atomic E-state index is 0.0207. The molecular weight excluding hydrogens is 270 g/mol. The number of hydrogen-bond acceptors (Lipinski definition) is 4. The number of halogens is 1. The first-order chi connectivity index (χ1) is 9.13. The summed E-state index contributed by atoms with van der Waals surface area (Å²) in [5.74, 6) is -0.792. The average Bonchev–Trinajstić information content (AvgIpc) is 2.81. The number of rotatable bonds is 4. The van der Waals surface area contributed by atoms with Crippen LogP contribution in [-0.2, 0) is 20.9 Å². The Balaban J connectivity index is 2.31. The van der Waals surface area contributed by atoms with Gasteiger partial charge in [-0.2, -0.15) is 5.10 Å². The fourth-order valence-corrected chi connectivity index (χ4v) is 1.72. The molecule has 0 bridgehead atoms. The predicted octanol–water partition coefficient (Wildman–Crippen LogP) is 1.39. The number of benzene rings is 1. The van der Waals surface area contributed by atoms with Crippen LogP contribution in [0.2, 0.25) is 0 Å². The molecule has 2 aromatic rings. The van der Waals surface area contributed by atoms with Crippen LogP contribution in [0.1, 0.15) is 0 Å². The van der Waals surface area contributed by atoms with Crippen molar-refractivity contribution in [3.63, 3.8) is 0 Å². The summed E-state index contributed by atoms with van der Waals surface area (Å²) < 4.78 is 6.11. The molecule has 1 heterocycles. The van der Waals surface area contributed by atoms with Crippen molar-refractivity contribution in [3.8, 4) is 0 Å². The molecule has 0 unspecified atom stereocenters. The number of nitrogens with zero attached hydrogens (tertiary/aromatic N) is 2. The van der Waals surface area contributed by atoms with E-state index >= 15 is 0 Å². The van der Waals surface area contributed by atoms with E-state index in [9.17, 15) is 9.59 Å². The molecule has 0 aliphatic rings. The van der Waals surface area contributed by atoms with Crippen molar-refractivity contribution in [2.75, 3.05) is 18.3 Å². The number of anilines is 1. The molecule has 1 amide bonds. The maximum atomic E-state index is 11.3. The summed E-state index contributed by atoms with van der Waals surface area (Å²) in [5.41, 5.74) is 1.34. The number of methoxy groups -OCH3 is 1.